The molecule has 2 amide bonds. The summed E-state index contributed by atoms with van der Waals surface area (Å²) in [6, 6.07) is 7.97. The van der Waals surface area contributed by atoms with E-state index in [1.54, 1.807) is 35.5 Å². The third-order valence-electron chi connectivity index (χ3n) is 4.98. The number of nitrogens with zero attached hydrogens (tertiary/aromatic N) is 2. The van der Waals surface area contributed by atoms with Crippen molar-refractivity contribution in [2.24, 2.45) is 0 Å². The molecular formula is C21H25FN2O4S. The zero-order chi connectivity index (χ0) is 20.8. The Bertz CT molecular complexity index is 839. The fraction of sp³-hybridized carbons (Fsp3) is 0.429. The number of hydrogen-bond donors (Lipinski definition) is 0. The number of carbonyl (C=O) groups excluding carboxylic acids is 2. The van der Waals surface area contributed by atoms with Gasteiger partial charge in [0, 0.05) is 32.2 Å². The summed E-state index contributed by atoms with van der Waals surface area (Å²) >= 11 is 1.67. The van der Waals surface area contributed by atoms with Crippen LogP contribution in [-0.4, -0.2) is 68.7 Å². The van der Waals surface area contributed by atoms with Crippen LogP contribution in [-0.2, 0) is 25.5 Å². The molecule has 1 aliphatic rings. The van der Waals surface area contributed by atoms with Crippen molar-refractivity contribution in [1.29, 1.82) is 0 Å². The third kappa shape index (κ3) is 5.01. The zero-order valence-electron chi connectivity index (χ0n) is 16.6. The Labute approximate surface area is 173 Å². The Hall–Kier alpha value is -2.29. The topological polar surface area (TPSA) is 59.1 Å². The predicted octanol–water partition coefficient (Wildman–Crippen LogP) is 2.48. The maximum Gasteiger partial charge on any atom is 0.249 e. The summed E-state index contributed by atoms with van der Waals surface area (Å²) in [5.74, 6) is -0.731. The SMILES string of the molecule is COCCN(CC(=O)N1CCc2sccc2[C@H]1c1ccc(F)cc1)C(=O)COC. The summed E-state index contributed by atoms with van der Waals surface area (Å²) < 4.78 is 23.5. The summed E-state index contributed by atoms with van der Waals surface area (Å²) in [6.45, 7) is 1.04. The number of amides is 2. The van der Waals surface area contributed by atoms with Gasteiger partial charge in [0.1, 0.15) is 12.4 Å². The molecule has 1 aromatic heterocycles. The monoisotopic (exact) mass is 420 g/mol. The summed E-state index contributed by atoms with van der Waals surface area (Å²) in [5, 5.41) is 2.02. The number of carbonyl (C=O) groups is 2. The average molecular weight is 421 g/mol. The molecule has 6 nitrogen and oxygen atoms in total. The quantitative estimate of drug-likeness (QED) is 0.658. The number of halogens is 1. The Morgan fingerprint density at radius 3 is 2.66 bits per heavy atom. The van der Waals surface area contributed by atoms with Crippen molar-refractivity contribution in [3.8, 4) is 0 Å². The van der Waals surface area contributed by atoms with E-state index in [2.05, 4.69) is 0 Å². The highest BCUT2D eigenvalue weighted by molar-refractivity contribution is 7.10. The van der Waals surface area contributed by atoms with E-state index in [0.29, 0.717) is 19.7 Å². The Morgan fingerprint density at radius 1 is 1.21 bits per heavy atom. The molecule has 29 heavy (non-hydrogen) atoms. The van der Waals surface area contributed by atoms with Crippen molar-refractivity contribution in [2.45, 2.75) is 12.5 Å². The number of hydrogen-bond acceptors (Lipinski definition) is 5. The minimum absolute atomic E-state index is 0.0529. The molecule has 0 aliphatic carbocycles. The second kappa shape index (κ2) is 9.96. The van der Waals surface area contributed by atoms with Crippen LogP contribution in [0, 0.1) is 5.82 Å². The van der Waals surface area contributed by atoms with Crippen LogP contribution in [0.3, 0.4) is 0 Å². The van der Waals surface area contributed by atoms with Crippen LogP contribution in [0.4, 0.5) is 4.39 Å². The first-order valence-corrected chi connectivity index (χ1v) is 10.3. The van der Waals surface area contributed by atoms with E-state index in [1.807, 2.05) is 11.4 Å². The van der Waals surface area contributed by atoms with Crippen molar-refractivity contribution in [3.05, 3.63) is 57.5 Å². The summed E-state index contributed by atoms with van der Waals surface area (Å²) in [6.07, 6.45) is 0.764. The summed E-state index contributed by atoms with van der Waals surface area (Å²) in [4.78, 5) is 30.1. The summed E-state index contributed by atoms with van der Waals surface area (Å²) in [7, 11) is 3.00. The van der Waals surface area contributed by atoms with E-state index < -0.39 is 0 Å². The van der Waals surface area contributed by atoms with Gasteiger partial charge in [-0.25, -0.2) is 4.39 Å². The van der Waals surface area contributed by atoms with Gasteiger partial charge in [-0.2, -0.15) is 0 Å². The Balaban J connectivity index is 1.85. The van der Waals surface area contributed by atoms with E-state index in [0.717, 1.165) is 17.5 Å². The van der Waals surface area contributed by atoms with Gasteiger partial charge in [0.25, 0.3) is 0 Å². The third-order valence-corrected chi connectivity index (χ3v) is 5.98. The molecule has 2 heterocycles. The molecule has 0 saturated carbocycles. The van der Waals surface area contributed by atoms with E-state index >= 15 is 0 Å². The van der Waals surface area contributed by atoms with Crippen molar-refractivity contribution >= 4 is 23.2 Å². The van der Waals surface area contributed by atoms with Crippen molar-refractivity contribution in [2.75, 3.05) is 47.1 Å². The molecule has 2 aromatic rings. The van der Waals surface area contributed by atoms with Gasteiger partial charge in [-0.1, -0.05) is 12.1 Å². The minimum Gasteiger partial charge on any atom is -0.383 e. The first-order chi connectivity index (χ1) is 14.0. The fourth-order valence-corrected chi connectivity index (χ4v) is 4.46. The largest absolute Gasteiger partial charge is 0.383 e. The van der Waals surface area contributed by atoms with Crippen LogP contribution < -0.4 is 0 Å². The fourth-order valence-electron chi connectivity index (χ4n) is 3.55. The van der Waals surface area contributed by atoms with Crippen molar-refractivity contribution in [3.63, 3.8) is 0 Å². The van der Waals surface area contributed by atoms with Gasteiger partial charge in [-0.05, 0) is 41.1 Å². The van der Waals surface area contributed by atoms with Gasteiger partial charge in [-0.3, -0.25) is 9.59 Å². The molecule has 156 valence electrons. The summed E-state index contributed by atoms with van der Waals surface area (Å²) in [5.41, 5.74) is 1.92. The van der Waals surface area contributed by atoms with E-state index in [-0.39, 0.29) is 36.8 Å². The predicted molar refractivity (Wildman–Crippen MR) is 108 cm³/mol. The second-order valence-corrected chi connectivity index (χ2v) is 7.83. The molecule has 1 aromatic carbocycles. The van der Waals surface area contributed by atoms with E-state index in [4.69, 9.17) is 9.47 Å². The van der Waals surface area contributed by atoms with Gasteiger partial charge in [0.2, 0.25) is 11.8 Å². The molecule has 0 spiro atoms. The highest BCUT2D eigenvalue weighted by Gasteiger charge is 2.33. The molecule has 1 atom stereocenters. The molecule has 0 N–H and O–H groups in total. The molecule has 0 saturated heterocycles. The lowest BCUT2D eigenvalue weighted by molar-refractivity contribution is -0.144. The molecule has 0 radical (unpaired) electrons. The molecule has 0 unspecified atom stereocenters. The van der Waals surface area contributed by atoms with Gasteiger partial charge >= 0.3 is 0 Å². The van der Waals surface area contributed by atoms with E-state index in [9.17, 15) is 14.0 Å². The number of rotatable bonds is 8. The normalized spacial score (nSPS) is 15.8. The molecule has 0 fully saturated rings. The van der Waals surface area contributed by atoms with Crippen LogP contribution in [0.1, 0.15) is 22.0 Å². The first kappa shape index (κ1) is 21.4. The van der Waals surface area contributed by atoms with Crippen LogP contribution in [0.2, 0.25) is 0 Å². The molecule has 3 rings (SSSR count). The maximum absolute atomic E-state index is 13.5. The molecular weight excluding hydrogens is 395 g/mol. The maximum atomic E-state index is 13.5. The zero-order valence-corrected chi connectivity index (χ0v) is 17.4. The lowest BCUT2D eigenvalue weighted by atomic mass is 9.93. The smallest absolute Gasteiger partial charge is 0.249 e. The van der Waals surface area contributed by atoms with E-state index in [1.165, 1.54) is 29.0 Å². The van der Waals surface area contributed by atoms with Crippen LogP contribution in [0.5, 0.6) is 0 Å². The number of fused-ring (bicyclic) bond motifs is 1. The van der Waals surface area contributed by atoms with Crippen LogP contribution >= 0.6 is 11.3 Å². The number of benzene rings is 1. The van der Waals surface area contributed by atoms with Crippen LogP contribution in [0.25, 0.3) is 0 Å². The second-order valence-electron chi connectivity index (χ2n) is 6.83. The first-order valence-electron chi connectivity index (χ1n) is 9.42. The number of ether oxygens (including phenoxy) is 2. The van der Waals surface area contributed by atoms with Gasteiger partial charge in [0.05, 0.1) is 19.2 Å². The number of methoxy groups -OCH3 is 2. The highest BCUT2D eigenvalue weighted by Crippen LogP contribution is 2.37. The standard InChI is InChI=1S/C21H25FN2O4S/c1-27-11-10-23(20(26)14-28-2)13-19(25)24-9-7-18-17(8-12-29-18)21(24)15-3-5-16(22)6-4-15/h3-6,8,12,21H,7,9-11,13-14H2,1-2H3/t21-/m1/s1. The Kier molecular flexibility index (Phi) is 7.35. The van der Waals surface area contributed by atoms with Crippen LogP contribution in [0.15, 0.2) is 35.7 Å². The number of thiophene rings is 1. The average Bonchev–Trinajstić information content (AvgIpc) is 3.20. The molecule has 0 bridgehead atoms. The van der Waals surface area contributed by atoms with Gasteiger partial charge < -0.3 is 19.3 Å². The van der Waals surface area contributed by atoms with Gasteiger partial charge in [-0.15, -0.1) is 11.3 Å². The Morgan fingerprint density at radius 2 is 1.97 bits per heavy atom. The minimum atomic E-state index is -0.316. The molecule has 1 aliphatic heterocycles. The lowest BCUT2D eigenvalue weighted by Gasteiger charge is -2.37. The van der Waals surface area contributed by atoms with Crippen molar-refractivity contribution in [1.82, 2.24) is 9.80 Å². The van der Waals surface area contributed by atoms with Gasteiger partial charge in [0.15, 0.2) is 0 Å². The highest BCUT2D eigenvalue weighted by atomic mass is 32.1. The van der Waals surface area contributed by atoms with Crippen molar-refractivity contribution < 1.29 is 23.5 Å². The lowest BCUT2D eigenvalue weighted by Crippen LogP contribution is -2.48. The molecule has 8 heteroatoms.